The molecule has 0 radical (unpaired) electrons. The van der Waals surface area contributed by atoms with Gasteiger partial charge in [-0.3, -0.25) is 9.59 Å². The molecule has 21 heavy (non-hydrogen) atoms. The molecule has 0 saturated carbocycles. The number of hydrogen-bond acceptors (Lipinski definition) is 2. The third kappa shape index (κ3) is 2.75. The number of benzene rings is 2. The first kappa shape index (κ1) is 13.6. The molecule has 1 aliphatic rings. The SMILES string of the molecule is CC(=O)N1CCN(C(=O)c2ccc3ccccc3c2)CC1. The summed E-state index contributed by atoms with van der Waals surface area (Å²) in [5.41, 5.74) is 0.713. The first-order valence-electron chi connectivity index (χ1n) is 7.19. The van der Waals surface area contributed by atoms with Crippen molar-refractivity contribution in [2.75, 3.05) is 26.2 Å². The number of fused-ring (bicyclic) bond motifs is 1. The largest absolute Gasteiger partial charge is 0.339 e. The van der Waals surface area contributed by atoms with Crippen molar-refractivity contribution >= 4 is 22.6 Å². The molecule has 0 aliphatic carbocycles. The van der Waals surface area contributed by atoms with Gasteiger partial charge in [-0.1, -0.05) is 30.3 Å². The summed E-state index contributed by atoms with van der Waals surface area (Å²) >= 11 is 0. The first-order valence-corrected chi connectivity index (χ1v) is 7.19. The van der Waals surface area contributed by atoms with Gasteiger partial charge in [0.1, 0.15) is 0 Å². The van der Waals surface area contributed by atoms with E-state index in [2.05, 4.69) is 0 Å². The standard InChI is InChI=1S/C17H18N2O2/c1-13(20)18-8-10-19(11-9-18)17(21)16-7-6-14-4-2-3-5-15(14)12-16/h2-7,12H,8-11H2,1H3. The van der Waals surface area contributed by atoms with Crippen molar-refractivity contribution in [2.45, 2.75) is 6.92 Å². The third-order valence-corrected chi connectivity index (χ3v) is 4.01. The lowest BCUT2D eigenvalue weighted by Gasteiger charge is -2.34. The molecule has 3 rings (SSSR count). The van der Waals surface area contributed by atoms with Gasteiger partial charge < -0.3 is 9.80 Å². The Balaban J connectivity index is 1.76. The Morgan fingerprint density at radius 3 is 2.14 bits per heavy atom. The van der Waals surface area contributed by atoms with Crippen molar-refractivity contribution < 1.29 is 9.59 Å². The van der Waals surface area contributed by atoms with Crippen LogP contribution in [0.4, 0.5) is 0 Å². The minimum Gasteiger partial charge on any atom is -0.339 e. The van der Waals surface area contributed by atoms with E-state index in [1.54, 1.807) is 11.8 Å². The molecule has 0 N–H and O–H groups in total. The Labute approximate surface area is 124 Å². The van der Waals surface area contributed by atoms with Crippen LogP contribution in [0.1, 0.15) is 17.3 Å². The van der Waals surface area contributed by atoms with Crippen LogP contribution >= 0.6 is 0 Å². The summed E-state index contributed by atoms with van der Waals surface area (Å²) in [6, 6.07) is 13.8. The van der Waals surface area contributed by atoms with Gasteiger partial charge >= 0.3 is 0 Å². The van der Waals surface area contributed by atoms with Crippen LogP contribution in [0.5, 0.6) is 0 Å². The summed E-state index contributed by atoms with van der Waals surface area (Å²) in [5, 5.41) is 2.21. The smallest absolute Gasteiger partial charge is 0.253 e. The molecule has 4 nitrogen and oxygen atoms in total. The normalized spacial score (nSPS) is 15.3. The van der Waals surface area contributed by atoms with Crippen molar-refractivity contribution in [1.82, 2.24) is 9.80 Å². The predicted molar refractivity (Wildman–Crippen MR) is 82.1 cm³/mol. The van der Waals surface area contributed by atoms with Crippen molar-refractivity contribution in [3.05, 3.63) is 48.0 Å². The fraction of sp³-hybridized carbons (Fsp3) is 0.294. The summed E-state index contributed by atoms with van der Waals surface area (Å²) in [4.78, 5) is 27.5. The molecular formula is C17H18N2O2. The number of amides is 2. The van der Waals surface area contributed by atoms with Crippen molar-refractivity contribution in [1.29, 1.82) is 0 Å². The van der Waals surface area contributed by atoms with Gasteiger partial charge in [-0.25, -0.2) is 0 Å². The minimum absolute atomic E-state index is 0.0453. The maximum Gasteiger partial charge on any atom is 0.253 e. The summed E-state index contributed by atoms with van der Waals surface area (Å²) in [5.74, 6) is 0.122. The number of nitrogens with zero attached hydrogens (tertiary/aromatic N) is 2. The maximum absolute atomic E-state index is 12.5. The zero-order chi connectivity index (χ0) is 14.8. The molecule has 1 aliphatic heterocycles. The van der Waals surface area contributed by atoms with E-state index in [0.717, 1.165) is 10.8 Å². The average molecular weight is 282 g/mol. The van der Waals surface area contributed by atoms with E-state index in [-0.39, 0.29) is 11.8 Å². The molecule has 2 aromatic rings. The van der Waals surface area contributed by atoms with Crippen LogP contribution in [-0.2, 0) is 4.79 Å². The highest BCUT2D eigenvalue weighted by Gasteiger charge is 2.23. The monoisotopic (exact) mass is 282 g/mol. The highest BCUT2D eigenvalue weighted by molar-refractivity contribution is 5.98. The lowest BCUT2D eigenvalue weighted by Crippen LogP contribution is -2.50. The van der Waals surface area contributed by atoms with E-state index < -0.39 is 0 Å². The van der Waals surface area contributed by atoms with Crippen LogP contribution in [0, 0.1) is 0 Å². The topological polar surface area (TPSA) is 40.6 Å². The Morgan fingerprint density at radius 2 is 1.48 bits per heavy atom. The first-order chi connectivity index (χ1) is 10.1. The summed E-state index contributed by atoms with van der Waals surface area (Å²) in [7, 11) is 0. The summed E-state index contributed by atoms with van der Waals surface area (Å²) in [6.07, 6.45) is 0. The van der Waals surface area contributed by atoms with Gasteiger partial charge in [-0.2, -0.15) is 0 Å². The van der Waals surface area contributed by atoms with Gasteiger partial charge in [0.2, 0.25) is 5.91 Å². The Hall–Kier alpha value is -2.36. The van der Waals surface area contributed by atoms with Crippen LogP contribution in [0.3, 0.4) is 0 Å². The minimum atomic E-state index is 0.0453. The molecule has 2 aromatic carbocycles. The van der Waals surface area contributed by atoms with Crippen molar-refractivity contribution in [3.8, 4) is 0 Å². The number of carbonyl (C=O) groups is 2. The lowest BCUT2D eigenvalue weighted by atomic mass is 10.1. The highest BCUT2D eigenvalue weighted by Crippen LogP contribution is 2.17. The second kappa shape index (κ2) is 5.56. The van der Waals surface area contributed by atoms with Crippen molar-refractivity contribution in [2.24, 2.45) is 0 Å². The van der Waals surface area contributed by atoms with Gasteiger partial charge in [0.15, 0.2) is 0 Å². The number of carbonyl (C=O) groups excluding carboxylic acids is 2. The van der Waals surface area contributed by atoms with Gasteiger partial charge in [0.05, 0.1) is 0 Å². The van der Waals surface area contributed by atoms with Gasteiger partial charge in [-0.05, 0) is 22.9 Å². The van der Waals surface area contributed by atoms with Gasteiger partial charge in [0.25, 0.3) is 5.91 Å². The highest BCUT2D eigenvalue weighted by atomic mass is 16.2. The molecule has 2 amide bonds. The quantitative estimate of drug-likeness (QED) is 0.804. The van der Waals surface area contributed by atoms with Crippen LogP contribution in [-0.4, -0.2) is 47.8 Å². The number of rotatable bonds is 1. The van der Waals surface area contributed by atoms with Crippen molar-refractivity contribution in [3.63, 3.8) is 0 Å². The molecule has 0 unspecified atom stereocenters. The molecule has 0 spiro atoms. The molecule has 108 valence electrons. The number of piperazine rings is 1. The molecule has 1 heterocycles. The van der Waals surface area contributed by atoms with Crippen LogP contribution in [0.25, 0.3) is 10.8 Å². The van der Waals surface area contributed by atoms with E-state index in [1.807, 2.05) is 47.4 Å². The summed E-state index contributed by atoms with van der Waals surface area (Å²) < 4.78 is 0. The molecule has 1 fully saturated rings. The zero-order valence-corrected chi connectivity index (χ0v) is 12.1. The van der Waals surface area contributed by atoms with E-state index in [9.17, 15) is 9.59 Å². The van der Waals surface area contributed by atoms with Gasteiger partial charge in [-0.15, -0.1) is 0 Å². The average Bonchev–Trinajstić information content (AvgIpc) is 2.54. The molecule has 4 heteroatoms. The van der Waals surface area contributed by atoms with Gasteiger partial charge in [0, 0.05) is 38.7 Å². The molecule has 0 bridgehead atoms. The predicted octanol–water partition coefficient (Wildman–Crippen LogP) is 2.14. The maximum atomic E-state index is 12.5. The molecule has 1 saturated heterocycles. The van der Waals surface area contributed by atoms with Crippen LogP contribution in [0.15, 0.2) is 42.5 Å². The summed E-state index contributed by atoms with van der Waals surface area (Å²) in [6.45, 7) is 4.01. The van der Waals surface area contributed by atoms with E-state index in [0.29, 0.717) is 31.7 Å². The fourth-order valence-electron chi connectivity index (χ4n) is 2.73. The van der Waals surface area contributed by atoms with E-state index >= 15 is 0 Å². The molecule has 0 atom stereocenters. The Kier molecular flexibility index (Phi) is 3.60. The Bertz CT molecular complexity index is 688. The molecular weight excluding hydrogens is 264 g/mol. The lowest BCUT2D eigenvalue weighted by molar-refractivity contribution is -0.130. The number of hydrogen-bond donors (Lipinski definition) is 0. The fourth-order valence-corrected chi connectivity index (χ4v) is 2.73. The zero-order valence-electron chi connectivity index (χ0n) is 12.1. The second-order valence-corrected chi connectivity index (χ2v) is 5.36. The van der Waals surface area contributed by atoms with E-state index in [1.165, 1.54) is 0 Å². The third-order valence-electron chi connectivity index (χ3n) is 4.01. The van der Waals surface area contributed by atoms with Crippen LogP contribution < -0.4 is 0 Å². The van der Waals surface area contributed by atoms with Crippen LogP contribution in [0.2, 0.25) is 0 Å². The van der Waals surface area contributed by atoms with E-state index in [4.69, 9.17) is 0 Å². The Morgan fingerprint density at radius 1 is 0.857 bits per heavy atom. The molecule has 0 aromatic heterocycles. The second-order valence-electron chi connectivity index (χ2n) is 5.36.